The summed E-state index contributed by atoms with van der Waals surface area (Å²) in [7, 11) is 0. The van der Waals surface area contributed by atoms with Gasteiger partial charge in [0.1, 0.15) is 5.78 Å². The van der Waals surface area contributed by atoms with Gasteiger partial charge in [0.2, 0.25) is 0 Å². The standard InChI is InChI=1S/C17H22O/c1-2-13-17(15-10-6-5-7-11-15)14-9-4-3-8-12-16(17)18/h2,5-7,10-11H,1,3-4,8-9,12-14H2/t17-/m0/s1. The van der Waals surface area contributed by atoms with Crippen molar-refractivity contribution in [2.75, 3.05) is 0 Å². The molecular formula is C17H22O. The number of Topliss-reactive ketones (excluding diaryl/α,β-unsaturated/α-hetero) is 1. The molecule has 0 amide bonds. The van der Waals surface area contributed by atoms with Crippen LogP contribution >= 0.6 is 0 Å². The summed E-state index contributed by atoms with van der Waals surface area (Å²) in [5.41, 5.74) is 0.875. The quantitative estimate of drug-likeness (QED) is 0.717. The highest BCUT2D eigenvalue weighted by Gasteiger charge is 2.38. The third kappa shape index (κ3) is 2.55. The Hall–Kier alpha value is -1.37. The number of carbonyl (C=O) groups excluding carboxylic acids is 1. The van der Waals surface area contributed by atoms with Crippen molar-refractivity contribution in [2.45, 2.75) is 50.4 Å². The Morgan fingerprint density at radius 2 is 1.83 bits per heavy atom. The Kier molecular flexibility index (Phi) is 4.35. The molecule has 0 unspecified atom stereocenters. The lowest BCUT2D eigenvalue weighted by Gasteiger charge is -2.33. The third-order valence-electron chi connectivity index (χ3n) is 4.11. The second kappa shape index (κ2) is 5.99. The summed E-state index contributed by atoms with van der Waals surface area (Å²) in [5, 5.41) is 0. The van der Waals surface area contributed by atoms with E-state index < -0.39 is 0 Å². The molecule has 0 radical (unpaired) electrons. The van der Waals surface area contributed by atoms with Gasteiger partial charge in [0.15, 0.2) is 0 Å². The van der Waals surface area contributed by atoms with Crippen molar-refractivity contribution >= 4 is 5.78 Å². The topological polar surface area (TPSA) is 17.1 Å². The van der Waals surface area contributed by atoms with E-state index in [0.717, 1.165) is 32.1 Å². The lowest BCUT2D eigenvalue weighted by atomic mass is 9.68. The van der Waals surface area contributed by atoms with Crippen LogP contribution in [0.5, 0.6) is 0 Å². The summed E-state index contributed by atoms with van der Waals surface area (Å²) < 4.78 is 0. The molecular weight excluding hydrogens is 220 g/mol. The Balaban J connectivity index is 2.39. The van der Waals surface area contributed by atoms with Gasteiger partial charge in [0, 0.05) is 6.42 Å². The van der Waals surface area contributed by atoms with Crippen molar-refractivity contribution in [2.24, 2.45) is 0 Å². The molecule has 96 valence electrons. The van der Waals surface area contributed by atoms with E-state index in [2.05, 4.69) is 18.7 Å². The highest BCUT2D eigenvalue weighted by atomic mass is 16.1. The zero-order chi connectivity index (χ0) is 12.8. The van der Waals surface area contributed by atoms with E-state index >= 15 is 0 Å². The summed E-state index contributed by atoms with van der Waals surface area (Å²) >= 11 is 0. The lowest BCUT2D eigenvalue weighted by molar-refractivity contribution is -0.125. The molecule has 0 spiro atoms. The molecule has 0 bridgehead atoms. The summed E-state index contributed by atoms with van der Waals surface area (Å²) in [6.07, 6.45) is 9.02. The normalized spacial score (nSPS) is 25.2. The van der Waals surface area contributed by atoms with E-state index in [1.165, 1.54) is 18.4 Å². The molecule has 0 aliphatic heterocycles. The lowest BCUT2D eigenvalue weighted by Crippen LogP contribution is -2.36. The Morgan fingerprint density at radius 1 is 1.11 bits per heavy atom. The van der Waals surface area contributed by atoms with Crippen LogP contribution in [0.1, 0.15) is 50.5 Å². The highest BCUT2D eigenvalue weighted by Crippen LogP contribution is 2.38. The summed E-state index contributed by atoms with van der Waals surface area (Å²) in [4.78, 5) is 12.6. The molecule has 2 rings (SSSR count). The molecule has 0 aromatic heterocycles. The van der Waals surface area contributed by atoms with Gasteiger partial charge in [-0.1, -0.05) is 55.7 Å². The second-order valence-corrected chi connectivity index (χ2v) is 5.28. The molecule has 1 atom stereocenters. The number of carbonyl (C=O) groups is 1. The number of ketones is 1. The van der Waals surface area contributed by atoms with Crippen LogP contribution in [0.3, 0.4) is 0 Å². The van der Waals surface area contributed by atoms with E-state index in [9.17, 15) is 4.79 Å². The third-order valence-corrected chi connectivity index (χ3v) is 4.11. The SMILES string of the molecule is C=CC[C@@]1(c2ccccc2)CCCCCCC1=O. The van der Waals surface area contributed by atoms with E-state index in [0.29, 0.717) is 5.78 Å². The van der Waals surface area contributed by atoms with E-state index in [1.54, 1.807) is 0 Å². The molecule has 1 aromatic carbocycles. The Labute approximate surface area is 110 Å². The fraction of sp³-hybridized carbons (Fsp3) is 0.471. The van der Waals surface area contributed by atoms with Gasteiger partial charge in [0.25, 0.3) is 0 Å². The van der Waals surface area contributed by atoms with Crippen LogP contribution < -0.4 is 0 Å². The van der Waals surface area contributed by atoms with Crippen molar-refractivity contribution in [1.29, 1.82) is 0 Å². The predicted octanol–water partition coefficient (Wildman–Crippen LogP) is 4.42. The van der Waals surface area contributed by atoms with Gasteiger partial charge in [-0.2, -0.15) is 0 Å². The maximum absolute atomic E-state index is 12.6. The molecule has 1 heteroatoms. The highest BCUT2D eigenvalue weighted by molar-refractivity contribution is 5.90. The minimum Gasteiger partial charge on any atom is -0.299 e. The molecule has 18 heavy (non-hydrogen) atoms. The van der Waals surface area contributed by atoms with Gasteiger partial charge in [-0.3, -0.25) is 4.79 Å². The fourth-order valence-corrected chi connectivity index (χ4v) is 3.09. The Bertz CT molecular complexity index is 407. The monoisotopic (exact) mass is 242 g/mol. The maximum atomic E-state index is 12.6. The summed E-state index contributed by atoms with van der Waals surface area (Å²) in [5.74, 6) is 0.410. The smallest absolute Gasteiger partial charge is 0.143 e. The van der Waals surface area contributed by atoms with E-state index in [-0.39, 0.29) is 5.41 Å². The fourth-order valence-electron chi connectivity index (χ4n) is 3.09. The van der Waals surface area contributed by atoms with Gasteiger partial charge in [-0.15, -0.1) is 6.58 Å². The Morgan fingerprint density at radius 3 is 2.56 bits per heavy atom. The zero-order valence-corrected chi connectivity index (χ0v) is 11.0. The van der Waals surface area contributed by atoms with Crippen molar-refractivity contribution < 1.29 is 4.79 Å². The molecule has 0 N–H and O–H groups in total. The van der Waals surface area contributed by atoms with Crippen molar-refractivity contribution in [3.8, 4) is 0 Å². The average molecular weight is 242 g/mol. The van der Waals surface area contributed by atoms with Gasteiger partial charge in [-0.25, -0.2) is 0 Å². The molecule has 1 nitrogen and oxygen atoms in total. The zero-order valence-electron chi connectivity index (χ0n) is 11.0. The first kappa shape index (κ1) is 13.1. The van der Waals surface area contributed by atoms with Crippen LogP contribution in [-0.4, -0.2) is 5.78 Å². The van der Waals surface area contributed by atoms with Crippen LogP contribution in [0.4, 0.5) is 0 Å². The van der Waals surface area contributed by atoms with Crippen molar-refractivity contribution in [3.05, 3.63) is 48.6 Å². The molecule has 1 aliphatic carbocycles. The van der Waals surface area contributed by atoms with Crippen LogP contribution in [0.15, 0.2) is 43.0 Å². The van der Waals surface area contributed by atoms with E-state index in [4.69, 9.17) is 0 Å². The second-order valence-electron chi connectivity index (χ2n) is 5.28. The number of allylic oxidation sites excluding steroid dienone is 1. The van der Waals surface area contributed by atoms with Crippen LogP contribution in [0, 0.1) is 0 Å². The molecule has 1 aromatic rings. The van der Waals surface area contributed by atoms with Gasteiger partial charge >= 0.3 is 0 Å². The molecule has 1 aliphatic rings. The molecule has 1 saturated carbocycles. The van der Waals surface area contributed by atoms with Crippen LogP contribution in [-0.2, 0) is 10.2 Å². The van der Waals surface area contributed by atoms with Gasteiger partial charge in [-0.05, 0) is 24.8 Å². The number of benzene rings is 1. The van der Waals surface area contributed by atoms with Gasteiger partial charge in [0.05, 0.1) is 5.41 Å². The van der Waals surface area contributed by atoms with Gasteiger partial charge < -0.3 is 0 Å². The van der Waals surface area contributed by atoms with Crippen LogP contribution in [0.25, 0.3) is 0 Å². The first-order valence-electron chi connectivity index (χ1n) is 6.99. The maximum Gasteiger partial charge on any atom is 0.143 e. The summed E-state index contributed by atoms with van der Waals surface area (Å²) in [6.45, 7) is 3.86. The number of hydrogen-bond acceptors (Lipinski definition) is 1. The largest absolute Gasteiger partial charge is 0.299 e. The molecule has 0 heterocycles. The first-order chi connectivity index (χ1) is 8.79. The summed E-state index contributed by atoms with van der Waals surface area (Å²) in [6, 6.07) is 10.3. The first-order valence-corrected chi connectivity index (χ1v) is 6.99. The predicted molar refractivity (Wildman–Crippen MR) is 75.6 cm³/mol. The van der Waals surface area contributed by atoms with E-state index in [1.807, 2.05) is 24.3 Å². The molecule has 1 fully saturated rings. The van der Waals surface area contributed by atoms with Crippen LogP contribution in [0.2, 0.25) is 0 Å². The average Bonchev–Trinajstić information content (AvgIpc) is 2.40. The minimum atomic E-state index is -0.302. The minimum absolute atomic E-state index is 0.302. The van der Waals surface area contributed by atoms with Crippen molar-refractivity contribution in [3.63, 3.8) is 0 Å². The number of rotatable bonds is 3. The number of hydrogen-bond donors (Lipinski definition) is 0. The van der Waals surface area contributed by atoms with Crippen molar-refractivity contribution in [1.82, 2.24) is 0 Å². The molecule has 0 saturated heterocycles.